The van der Waals surface area contributed by atoms with Crippen LogP contribution in [0.1, 0.15) is 42.5 Å². The molecule has 1 aliphatic carbocycles. The van der Waals surface area contributed by atoms with Gasteiger partial charge in [-0.1, -0.05) is 85.6 Å². The quantitative estimate of drug-likeness (QED) is 0.469. The van der Waals surface area contributed by atoms with Gasteiger partial charge in [-0.25, -0.2) is 0 Å². The molecule has 0 atom stereocenters. The first-order valence-corrected chi connectivity index (χ1v) is 9.41. The van der Waals surface area contributed by atoms with E-state index in [-0.39, 0.29) is 0 Å². The summed E-state index contributed by atoms with van der Waals surface area (Å²) >= 11 is 0. The lowest BCUT2D eigenvalue weighted by atomic mass is 9.66. The van der Waals surface area contributed by atoms with Gasteiger partial charge in [0.1, 0.15) is 0 Å². The molecule has 3 aromatic carbocycles. The van der Waals surface area contributed by atoms with Crippen molar-refractivity contribution in [3.05, 3.63) is 107 Å². The second-order valence-electron chi connectivity index (χ2n) is 6.83. The zero-order valence-corrected chi connectivity index (χ0v) is 15.8. The second kappa shape index (κ2) is 6.82. The SMILES string of the molecule is CC#CC1=C(CC)c2cccc(N)c2C1(c1ccccc1)c1ccccc1. The Balaban J connectivity index is 2.24. The molecule has 3 aromatic rings. The van der Waals surface area contributed by atoms with Crippen LogP contribution in [0.3, 0.4) is 0 Å². The van der Waals surface area contributed by atoms with Gasteiger partial charge in [-0.15, -0.1) is 5.92 Å². The van der Waals surface area contributed by atoms with Gasteiger partial charge in [0.05, 0.1) is 5.41 Å². The van der Waals surface area contributed by atoms with Crippen molar-refractivity contribution in [2.75, 3.05) is 5.73 Å². The Morgan fingerprint density at radius 3 is 1.93 bits per heavy atom. The Bertz CT molecular complexity index is 1020. The normalized spacial score (nSPS) is 14.4. The Morgan fingerprint density at radius 2 is 1.41 bits per heavy atom. The Morgan fingerprint density at radius 1 is 0.815 bits per heavy atom. The van der Waals surface area contributed by atoms with Crippen LogP contribution in [0.5, 0.6) is 0 Å². The summed E-state index contributed by atoms with van der Waals surface area (Å²) in [7, 11) is 0. The summed E-state index contributed by atoms with van der Waals surface area (Å²) in [5.41, 5.74) is 14.2. The van der Waals surface area contributed by atoms with Crippen molar-refractivity contribution in [3.8, 4) is 11.8 Å². The van der Waals surface area contributed by atoms with E-state index in [0.717, 1.165) is 23.2 Å². The molecule has 0 saturated carbocycles. The molecule has 0 saturated heterocycles. The summed E-state index contributed by atoms with van der Waals surface area (Å²) in [6, 6.07) is 27.5. The lowest BCUT2D eigenvalue weighted by Gasteiger charge is -2.34. The summed E-state index contributed by atoms with van der Waals surface area (Å²) in [4.78, 5) is 0. The standard InChI is InChI=1S/C26H23N/c1-3-12-23-21(4-2)22-17-11-18-24(27)25(22)26(23,19-13-7-5-8-14-19)20-15-9-6-10-16-20/h5-11,13-18H,4,27H2,1-2H3. The number of hydrogen-bond donors (Lipinski definition) is 1. The first kappa shape index (κ1) is 17.2. The molecule has 1 heteroatoms. The van der Waals surface area contributed by atoms with Crippen molar-refractivity contribution in [1.29, 1.82) is 0 Å². The van der Waals surface area contributed by atoms with Gasteiger partial charge in [0, 0.05) is 16.8 Å². The lowest BCUT2D eigenvalue weighted by molar-refractivity contribution is 0.769. The molecule has 0 radical (unpaired) electrons. The van der Waals surface area contributed by atoms with E-state index in [9.17, 15) is 0 Å². The fourth-order valence-corrected chi connectivity index (χ4v) is 4.51. The Hall–Kier alpha value is -3.24. The maximum atomic E-state index is 6.62. The van der Waals surface area contributed by atoms with Crippen LogP contribution in [0.2, 0.25) is 0 Å². The predicted molar refractivity (Wildman–Crippen MR) is 114 cm³/mol. The van der Waals surface area contributed by atoms with E-state index in [0.29, 0.717) is 0 Å². The third kappa shape index (κ3) is 2.41. The smallest absolute Gasteiger partial charge is 0.0809 e. The molecule has 0 bridgehead atoms. The molecule has 0 fully saturated rings. The van der Waals surface area contributed by atoms with Crippen molar-refractivity contribution in [3.63, 3.8) is 0 Å². The maximum Gasteiger partial charge on any atom is 0.0809 e. The second-order valence-corrected chi connectivity index (χ2v) is 6.83. The number of nitrogen functional groups attached to an aromatic ring is 1. The highest BCUT2D eigenvalue weighted by Gasteiger charge is 2.48. The van der Waals surface area contributed by atoms with E-state index in [1.54, 1.807) is 0 Å². The van der Waals surface area contributed by atoms with Crippen molar-refractivity contribution >= 4 is 11.3 Å². The number of allylic oxidation sites excluding steroid dienone is 2. The molecule has 27 heavy (non-hydrogen) atoms. The molecule has 0 aliphatic heterocycles. The minimum Gasteiger partial charge on any atom is -0.398 e. The van der Waals surface area contributed by atoms with Crippen LogP contribution >= 0.6 is 0 Å². The molecule has 0 aromatic heterocycles. The van der Waals surface area contributed by atoms with Crippen LogP contribution in [0, 0.1) is 11.8 Å². The van der Waals surface area contributed by atoms with E-state index in [4.69, 9.17) is 5.73 Å². The van der Waals surface area contributed by atoms with Gasteiger partial charge >= 0.3 is 0 Å². The van der Waals surface area contributed by atoms with Crippen LogP contribution in [-0.2, 0) is 5.41 Å². The average molecular weight is 349 g/mol. The van der Waals surface area contributed by atoms with Gasteiger partial charge in [0.25, 0.3) is 0 Å². The van der Waals surface area contributed by atoms with E-state index >= 15 is 0 Å². The van der Waals surface area contributed by atoms with Gasteiger partial charge < -0.3 is 5.73 Å². The van der Waals surface area contributed by atoms with Crippen molar-refractivity contribution in [2.45, 2.75) is 25.7 Å². The molecule has 1 aliphatic rings. The molecule has 4 rings (SSSR count). The summed E-state index contributed by atoms with van der Waals surface area (Å²) < 4.78 is 0. The minimum atomic E-state index is -0.475. The molecule has 2 N–H and O–H groups in total. The zero-order valence-electron chi connectivity index (χ0n) is 15.8. The highest BCUT2D eigenvalue weighted by Crippen LogP contribution is 2.56. The summed E-state index contributed by atoms with van der Waals surface area (Å²) in [6.45, 7) is 4.11. The average Bonchev–Trinajstić information content (AvgIpc) is 3.01. The predicted octanol–water partition coefficient (Wildman–Crippen LogP) is 5.80. The maximum absolute atomic E-state index is 6.62. The van der Waals surface area contributed by atoms with Crippen LogP contribution in [0.4, 0.5) is 5.69 Å². The first-order valence-electron chi connectivity index (χ1n) is 9.41. The summed E-state index contributed by atoms with van der Waals surface area (Å²) in [5, 5.41) is 0. The minimum absolute atomic E-state index is 0.475. The third-order valence-electron chi connectivity index (χ3n) is 5.49. The van der Waals surface area contributed by atoms with Gasteiger partial charge in [0.15, 0.2) is 0 Å². The summed E-state index contributed by atoms with van der Waals surface area (Å²) in [5.74, 6) is 6.66. The first-order chi connectivity index (χ1) is 13.2. The highest BCUT2D eigenvalue weighted by atomic mass is 14.6. The van der Waals surface area contributed by atoms with Gasteiger partial charge in [-0.05, 0) is 41.7 Å². The van der Waals surface area contributed by atoms with Crippen molar-refractivity contribution in [2.24, 2.45) is 0 Å². The van der Waals surface area contributed by atoms with Crippen molar-refractivity contribution in [1.82, 2.24) is 0 Å². The fourth-order valence-electron chi connectivity index (χ4n) is 4.51. The molecule has 1 nitrogen and oxygen atoms in total. The molecule has 132 valence electrons. The lowest BCUT2D eigenvalue weighted by Crippen LogP contribution is -2.30. The van der Waals surface area contributed by atoms with Gasteiger partial charge in [0.2, 0.25) is 0 Å². The number of rotatable bonds is 3. The van der Waals surface area contributed by atoms with E-state index in [2.05, 4.69) is 85.5 Å². The number of anilines is 1. The van der Waals surface area contributed by atoms with Gasteiger partial charge in [-0.3, -0.25) is 0 Å². The van der Waals surface area contributed by atoms with Crippen LogP contribution in [0.15, 0.2) is 84.4 Å². The monoisotopic (exact) mass is 349 g/mol. The number of benzene rings is 3. The fraction of sp³-hybridized carbons (Fsp3) is 0.154. The molecular weight excluding hydrogens is 326 g/mol. The largest absolute Gasteiger partial charge is 0.398 e. The van der Waals surface area contributed by atoms with E-state index in [1.807, 2.05) is 19.1 Å². The summed E-state index contributed by atoms with van der Waals surface area (Å²) in [6.07, 6.45) is 0.919. The molecule has 0 spiro atoms. The van der Waals surface area contributed by atoms with Crippen LogP contribution in [0.25, 0.3) is 5.57 Å². The number of nitrogens with two attached hydrogens (primary N) is 1. The van der Waals surface area contributed by atoms with Crippen LogP contribution < -0.4 is 5.73 Å². The van der Waals surface area contributed by atoms with E-state index in [1.165, 1.54) is 22.3 Å². The van der Waals surface area contributed by atoms with E-state index < -0.39 is 5.41 Å². The topological polar surface area (TPSA) is 26.0 Å². The highest BCUT2D eigenvalue weighted by molar-refractivity contribution is 5.91. The molecular formula is C26H23N. The van der Waals surface area contributed by atoms with Crippen LogP contribution in [-0.4, -0.2) is 0 Å². The zero-order chi connectivity index (χ0) is 18.9. The van der Waals surface area contributed by atoms with Crippen molar-refractivity contribution < 1.29 is 0 Å². The third-order valence-corrected chi connectivity index (χ3v) is 5.49. The number of hydrogen-bond acceptors (Lipinski definition) is 1. The molecule has 0 heterocycles. The number of fused-ring (bicyclic) bond motifs is 1. The van der Waals surface area contributed by atoms with Gasteiger partial charge in [-0.2, -0.15) is 0 Å². The molecule has 0 amide bonds. The Kier molecular flexibility index (Phi) is 4.34. The molecule has 0 unspecified atom stereocenters. The Labute approximate surface area is 161 Å².